The first-order chi connectivity index (χ1) is 10.7. The van der Waals surface area contributed by atoms with Gasteiger partial charge in [0.2, 0.25) is 0 Å². The molecule has 6 heteroatoms. The first-order valence-corrected chi connectivity index (χ1v) is 7.95. The molecule has 22 heavy (non-hydrogen) atoms. The van der Waals surface area contributed by atoms with Gasteiger partial charge in [-0.1, -0.05) is 0 Å². The van der Waals surface area contributed by atoms with Gasteiger partial charge in [-0.15, -0.1) is 0 Å². The SMILES string of the molecule is CC1OC(CNCC2(Nc3ccc4[nH]ncc4c3)CCC2)O1. The second-order valence-electron chi connectivity index (χ2n) is 6.33. The lowest BCUT2D eigenvalue weighted by atomic mass is 9.76. The molecule has 2 aromatic rings. The minimum Gasteiger partial charge on any atom is -0.378 e. The largest absolute Gasteiger partial charge is 0.378 e. The minimum atomic E-state index is -0.0885. The van der Waals surface area contributed by atoms with Gasteiger partial charge in [-0.3, -0.25) is 5.10 Å². The first kappa shape index (κ1) is 14.0. The summed E-state index contributed by atoms with van der Waals surface area (Å²) in [6.07, 6.45) is 5.37. The maximum atomic E-state index is 5.45. The number of benzene rings is 1. The number of ether oxygens (including phenoxy) is 2. The predicted molar refractivity (Wildman–Crippen MR) is 84.6 cm³/mol. The van der Waals surface area contributed by atoms with Crippen LogP contribution in [0, 0.1) is 0 Å². The van der Waals surface area contributed by atoms with Gasteiger partial charge in [-0.25, -0.2) is 0 Å². The lowest BCUT2D eigenvalue weighted by Crippen LogP contribution is -2.55. The molecule has 1 aliphatic carbocycles. The Labute approximate surface area is 129 Å². The standard InChI is InChI=1S/C16H22N4O2/c1-11-21-15(22-11)9-17-10-16(5-2-6-16)19-13-3-4-14-12(7-13)8-18-20-14/h3-4,7-8,11,15,17,19H,2,5-6,9-10H2,1H3,(H,18,20). The van der Waals surface area contributed by atoms with Gasteiger partial charge in [0.15, 0.2) is 12.6 Å². The van der Waals surface area contributed by atoms with E-state index in [2.05, 4.69) is 39.0 Å². The lowest BCUT2D eigenvalue weighted by molar-refractivity contribution is -0.372. The summed E-state index contributed by atoms with van der Waals surface area (Å²) in [5.74, 6) is 0. The van der Waals surface area contributed by atoms with Crippen LogP contribution in [0.25, 0.3) is 10.9 Å². The molecule has 4 rings (SSSR count). The molecule has 1 aromatic heterocycles. The highest BCUT2D eigenvalue weighted by atomic mass is 16.9. The van der Waals surface area contributed by atoms with Gasteiger partial charge in [0.05, 0.1) is 11.7 Å². The number of nitrogens with one attached hydrogen (secondary N) is 3. The van der Waals surface area contributed by atoms with E-state index in [0.717, 1.165) is 29.7 Å². The molecule has 3 N–H and O–H groups in total. The van der Waals surface area contributed by atoms with E-state index in [0.29, 0.717) is 0 Å². The Morgan fingerprint density at radius 2 is 2.23 bits per heavy atom. The van der Waals surface area contributed by atoms with E-state index in [1.54, 1.807) is 0 Å². The molecule has 2 fully saturated rings. The van der Waals surface area contributed by atoms with Gasteiger partial charge in [0.1, 0.15) is 0 Å². The summed E-state index contributed by atoms with van der Waals surface area (Å²) >= 11 is 0. The zero-order valence-corrected chi connectivity index (χ0v) is 12.8. The average Bonchev–Trinajstić information content (AvgIpc) is 2.90. The summed E-state index contributed by atoms with van der Waals surface area (Å²) in [6, 6.07) is 6.33. The normalized spacial score (nSPS) is 26.4. The number of hydrogen-bond donors (Lipinski definition) is 3. The summed E-state index contributed by atoms with van der Waals surface area (Å²) in [5, 5.41) is 15.4. The van der Waals surface area contributed by atoms with Crippen molar-refractivity contribution in [3.63, 3.8) is 0 Å². The third-order valence-corrected chi connectivity index (χ3v) is 4.62. The highest BCUT2D eigenvalue weighted by molar-refractivity contribution is 5.81. The Bertz CT molecular complexity index is 646. The third-order valence-electron chi connectivity index (χ3n) is 4.62. The minimum absolute atomic E-state index is 0.0516. The van der Waals surface area contributed by atoms with Crippen LogP contribution in [0.1, 0.15) is 26.2 Å². The van der Waals surface area contributed by atoms with Crippen LogP contribution in [0.4, 0.5) is 5.69 Å². The molecule has 1 aromatic carbocycles. The van der Waals surface area contributed by atoms with Crippen LogP contribution in [0.3, 0.4) is 0 Å². The maximum absolute atomic E-state index is 5.45. The van der Waals surface area contributed by atoms with Crippen molar-refractivity contribution in [1.82, 2.24) is 15.5 Å². The number of hydrogen-bond acceptors (Lipinski definition) is 5. The van der Waals surface area contributed by atoms with E-state index in [4.69, 9.17) is 9.47 Å². The van der Waals surface area contributed by atoms with Gasteiger partial charge in [-0.2, -0.15) is 5.10 Å². The van der Waals surface area contributed by atoms with Gasteiger partial charge < -0.3 is 20.1 Å². The molecule has 0 amide bonds. The average molecular weight is 302 g/mol. The van der Waals surface area contributed by atoms with Gasteiger partial charge in [0.25, 0.3) is 0 Å². The van der Waals surface area contributed by atoms with Gasteiger partial charge >= 0.3 is 0 Å². The second-order valence-corrected chi connectivity index (χ2v) is 6.33. The molecule has 2 aliphatic rings. The number of H-pyrrole nitrogens is 1. The van der Waals surface area contributed by atoms with E-state index in [1.807, 2.05) is 13.1 Å². The fraction of sp³-hybridized carbons (Fsp3) is 0.562. The van der Waals surface area contributed by atoms with Crippen LogP contribution in [-0.2, 0) is 9.47 Å². The molecule has 2 heterocycles. The number of rotatable bonds is 6. The van der Waals surface area contributed by atoms with Crippen molar-refractivity contribution in [2.45, 2.75) is 44.3 Å². The van der Waals surface area contributed by atoms with Gasteiger partial charge in [-0.05, 0) is 44.4 Å². The Hall–Kier alpha value is -1.63. The van der Waals surface area contributed by atoms with Crippen LogP contribution in [0.5, 0.6) is 0 Å². The van der Waals surface area contributed by atoms with E-state index in [1.165, 1.54) is 19.3 Å². The fourth-order valence-corrected chi connectivity index (χ4v) is 3.24. The van der Waals surface area contributed by atoms with Crippen LogP contribution in [-0.4, -0.2) is 41.4 Å². The topological polar surface area (TPSA) is 71.2 Å². The van der Waals surface area contributed by atoms with Crippen molar-refractivity contribution >= 4 is 16.6 Å². The molecule has 6 nitrogen and oxygen atoms in total. The lowest BCUT2D eigenvalue weighted by Gasteiger charge is -2.44. The molecule has 118 valence electrons. The molecule has 1 aliphatic heterocycles. The zero-order valence-electron chi connectivity index (χ0n) is 12.8. The molecule has 0 unspecified atom stereocenters. The summed E-state index contributed by atoms with van der Waals surface area (Å²) in [6.45, 7) is 3.58. The van der Waals surface area contributed by atoms with Crippen molar-refractivity contribution in [1.29, 1.82) is 0 Å². The Balaban J connectivity index is 1.36. The molecule has 1 saturated heterocycles. The molecule has 0 radical (unpaired) electrons. The Kier molecular flexibility index (Phi) is 3.52. The molecule has 0 bridgehead atoms. The number of aromatic nitrogens is 2. The van der Waals surface area contributed by atoms with Crippen molar-refractivity contribution < 1.29 is 9.47 Å². The third kappa shape index (κ3) is 2.69. The van der Waals surface area contributed by atoms with E-state index in [9.17, 15) is 0 Å². The summed E-state index contributed by atoms with van der Waals surface area (Å²) in [7, 11) is 0. The highest BCUT2D eigenvalue weighted by Crippen LogP contribution is 2.35. The van der Waals surface area contributed by atoms with Crippen molar-refractivity contribution in [2.24, 2.45) is 0 Å². The number of nitrogens with zero attached hydrogens (tertiary/aromatic N) is 1. The quantitative estimate of drug-likeness (QED) is 0.763. The monoisotopic (exact) mass is 302 g/mol. The van der Waals surface area contributed by atoms with Crippen LogP contribution in [0.2, 0.25) is 0 Å². The molecular weight excluding hydrogens is 280 g/mol. The van der Waals surface area contributed by atoms with E-state index < -0.39 is 0 Å². The number of aromatic amines is 1. The molecule has 1 saturated carbocycles. The Morgan fingerprint density at radius 1 is 1.36 bits per heavy atom. The van der Waals surface area contributed by atoms with Crippen molar-refractivity contribution in [2.75, 3.05) is 18.4 Å². The molecular formula is C16H22N4O2. The Morgan fingerprint density at radius 3 is 2.95 bits per heavy atom. The van der Waals surface area contributed by atoms with Crippen LogP contribution < -0.4 is 10.6 Å². The number of fused-ring (bicyclic) bond motifs is 1. The van der Waals surface area contributed by atoms with Crippen molar-refractivity contribution in [3.05, 3.63) is 24.4 Å². The molecule has 0 atom stereocenters. The summed E-state index contributed by atoms with van der Waals surface area (Å²) in [5.41, 5.74) is 2.37. The maximum Gasteiger partial charge on any atom is 0.176 e. The van der Waals surface area contributed by atoms with E-state index in [-0.39, 0.29) is 18.1 Å². The smallest absolute Gasteiger partial charge is 0.176 e. The second kappa shape index (κ2) is 5.53. The summed E-state index contributed by atoms with van der Waals surface area (Å²) in [4.78, 5) is 0. The fourth-order valence-electron chi connectivity index (χ4n) is 3.24. The van der Waals surface area contributed by atoms with E-state index >= 15 is 0 Å². The summed E-state index contributed by atoms with van der Waals surface area (Å²) < 4.78 is 10.9. The highest BCUT2D eigenvalue weighted by Gasteiger charge is 2.37. The van der Waals surface area contributed by atoms with Crippen molar-refractivity contribution in [3.8, 4) is 0 Å². The van der Waals surface area contributed by atoms with Crippen LogP contribution in [0.15, 0.2) is 24.4 Å². The predicted octanol–water partition coefficient (Wildman–Crippen LogP) is 2.21. The van der Waals surface area contributed by atoms with Crippen LogP contribution >= 0.6 is 0 Å². The zero-order chi connectivity index (χ0) is 15.0. The molecule has 0 spiro atoms. The van der Waals surface area contributed by atoms with Gasteiger partial charge in [0, 0.05) is 29.7 Å². The number of anilines is 1. The first-order valence-electron chi connectivity index (χ1n) is 7.95.